The minimum atomic E-state index is -4.65. The Balaban J connectivity index is 4.76. The first-order valence-electron chi connectivity index (χ1n) is 4.47. The monoisotopic (exact) mass is 240 g/mol. The lowest BCUT2D eigenvalue weighted by atomic mass is 10.2. The molecule has 0 amide bonds. The average Bonchev–Trinajstić information content (AvgIpc) is 1.97. The fraction of sp³-hybridized carbons (Fsp3) is 0.875. The Morgan fingerprint density at radius 1 is 1.40 bits per heavy atom. The van der Waals surface area contributed by atoms with Crippen LogP contribution in [0, 0.1) is 0 Å². The number of carbonyl (C=O) groups is 1. The molecule has 0 bridgehead atoms. The molecule has 0 aliphatic rings. The van der Waals surface area contributed by atoms with E-state index in [0.717, 1.165) is 0 Å². The standard InChI is InChI=1S/C8H17O6P/c1-5-13-6(9)7(15(10,11)12)14-8(2,3)4/h7H,5H2,1-4H3,(H2,10,11,12). The van der Waals surface area contributed by atoms with Crippen molar-refractivity contribution in [2.75, 3.05) is 6.61 Å². The van der Waals surface area contributed by atoms with Gasteiger partial charge >= 0.3 is 13.6 Å². The van der Waals surface area contributed by atoms with Crippen LogP contribution in [0.25, 0.3) is 0 Å². The Labute approximate surface area is 88.7 Å². The van der Waals surface area contributed by atoms with Gasteiger partial charge in [0.05, 0.1) is 12.2 Å². The van der Waals surface area contributed by atoms with Gasteiger partial charge in [0.2, 0.25) is 0 Å². The Morgan fingerprint density at radius 2 is 1.87 bits per heavy atom. The van der Waals surface area contributed by atoms with Crippen LogP contribution in [0.5, 0.6) is 0 Å². The van der Waals surface area contributed by atoms with Gasteiger partial charge in [0.25, 0.3) is 5.85 Å². The summed E-state index contributed by atoms with van der Waals surface area (Å²) in [4.78, 5) is 29.1. The molecule has 7 heteroatoms. The maximum absolute atomic E-state index is 11.2. The normalized spacial score (nSPS) is 14.8. The van der Waals surface area contributed by atoms with Gasteiger partial charge in [-0.05, 0) is 27.7 Å². The number of hydrogen-bond donors (Lipinski definition) is 2. The van der Waals surface area contributed by atoms with E-state index >= 15 is 0 Å². The Kier molecular flexibility index (Phi) is 4.93. The van der Waals surface area contributed by atoms with Crippen molar-refractivity contribution in [2.45, 2.75) is 39.1 Å². The first-order valence-corrected chi connectivity index (χ1v) is 6.15. The lowest BCUT2D eigenvalue weighted by Crippen LogP contribution is -2.34. The van der Waals surface area contributed by atoms with Crippen LogP contribution in [-0.2, 0) is 18.8 Å². The molecule has 1 unspecified atom stereocenters. The fourth-order valence-electron chi connectivity index (χ4n) is 0.803. The van der Waals surface area contributed by atoms with Crippen molar-refractivity contribution in [3.8, 4) is 0 Å². The van der Waals surface area contributed by atoms with Crippen molar-refractivity contribution in [2.24, 2.45) is 0 Å². The van der Waals surface area contributed by atoms with Gasteiger partial charge in [-0.1, -0.05) is 0 Å². The third-order valence-electron chi connectivity index (χ3n) is 1.26. The summed E-state index contributed by atoms with van der Waals surface area (Å²) in [6, 6.07) is 0. The Hall–Kier alpha value is -0.420. The van der Waals surface area contributed by atoms with E-state index in [-0.39, 0.29) is 6.61 Å². The second-order valence-electron chi connectivity index (χ2n) is 3.92. The van der Waals surface area contributed by atoms with E-state index in [9.17, 15) is 9.36 Å². The molecule has 2 N–H and O–H groups in total. The van der Waals surface area contributed by atoms with Gasteiger partial charge in [-0.2, -0.15) is 0 Å². The average molecular weight is 240 g/mol. The van der Waals surface area contributed by atoms with Crippen LogP contribution in [0.15, 0.2) is 0 Å². The third-order valence-corrected chi connectivity index (χ3v) is 2.19. The summed E-state index contributed by atoms with van der Waals surface area (Å²) in [7, 11) is -4.65. The van der Waals surface area contributed by atoms with Crippen LogP contribution in [0.2, 0.25) is 0 Å². The molecule has 0 radical (unpaired) electrons. The van der Waals surface area contributed by atoms with Crippen molar-refractivity contribution in [3.63, 3.8) is 0 Å². The van der Waals surface area contributed by atoms with E-state index in [2.05, 4.69) is 4.74 Å². The molecule has 0 aromatic rings. The van der Waals surface area contributed by atoms with E-state index in [1.54, 1.807) is 27.7 Å². The molecule has 0 rings (SSSR count). The number of ether oxygens (including phenoxy) is 2. The molecule has 0 saturated heterocycles. The van der Waals surface area contributed by atoms with Gasteiger partial charge in [-0.25, -0.2) is 4.79 Å². The van der Waals surface area contributed by atoms with Crippen molar-refractivity contribution < 1.29 is 28.6 Å². The minimum absolute atomic E-state index is 0.0445. The molecule has 0 aliphatic heterocycles. The number of hydrogen-bond acceptors (Lipinski definition) is 4. The highest BCUT2D eigenvalue weighted by molar-refractivity contribution is 7.53. The summed E-state index contributed by atoms with van der Waals surface area (Å²) in [6.45, 7) is 6.37. The summed E-state index contributed by atoms with van der Waals surface area (Å²) >= 11 is 0. The number of rotatable bonds is 4. The Morgan fingerprint density at radius 3 is 2.13 bits per heavy atom. The maximum Gasteiger partial charge on any atom is 0.365 e. The molecule has 0 aromatic heterocycles. The van der Waals surface area contributed by atoms with Crippen molar-refractivity contribution in [3.05, 3.63) is 0 Å². The Bertz CT molecular complexity index is 263. The molecule has 90 valence electrons. The molecular weight excluding hydrogens is 223 g/mol. The van der Waals surface area contributed by atoms with Crippen LogP contribution in [0.4, 0.5) is 0 Å². The van der Waals surface area contributed by atoms with Gasteiger partial charge in [-0.15, -0.1) is 0 Å². The van der Waals surface area contributed by atoms with Crippen LogP contribution in [-0.4, -0.2) is 33.8 Å². The van der Waals surface area contributed by atoms with Crippen LogP contribution >= 0.6 is 7.60 Å². The molecule has 0 spiro atoms. The van der Waals surface area contributed by atoms with Gasteiger partial charge in [0.1, 0.15) is 0 Å². The largest absolute Gasteiger partial charge is 0.464 e. The first-order chi connectivity index (χ1) is 6.58. The van der Waals surface area contributed by atoms with Crippen LogP contribution in [0.1, 0.15) is 27.7 Å². The highest BCUT2D eigenvalue weighted by Crippen LogP contribution is 2.44. The van der Waals surface area contributed by atoms with E-state index < -0.39 is 25.0 Å². The maximum atomic E-state index is 11.2. The van der Waals surface area contributed by atoms with Gasteiger partial charge in [0.15, 0.2) is 0 Å². The van der Waals surface area contributed by atoms with E-state index in [1.165, 1.54) is 0 Å². The highest BCUT2D eigenvalue weighted by Gasteiger charge is 2.41. The molecule has 0 fully saturated rings. The predicted molar refractivity (Wildman–Crippen MR) is 53.3 cm³/mol. The van der Waals surface area contributed by atoms with Crippen LogP contribution < -0.4 is 0 Å². The zero-order valence-electron chi connectivity index (χ0n) is 9.26. The molecule has 0 aliphatic carbocycles. The molecule has 0 saturated carbocycles. The molecule has 0 heterocycles. The summed E-state index contributed by atoms with van der Waals surface area (Å²) in [5.74, 6) is -2.89. The quantitative estimate of drug-likeness (QED) is 0.559. The van der Waals surface area contributed by atoms with Crippen LogP contribution in [0.3, 0.4) is 0 Å². The van der Waals surface area contributed by atoms with E-state index in [0.29, 0.717) is 0 Å². The zero-order chi connectivity index (χ0) is 12.3. The number of esters is 1. The lowest BCUT2D eigenvalue weighted by molar-refractivity contribution is -0.158. The van der Waals surface area contributed by atoms with Crippen molar-refractivity contribution in [1.82, 2.24) is 0 Å². The van der Waals surface area contributed by atoms with E-state index in [4.69, 9.17) is 14.5 Å². The molecule has 1 atom stereocenters. The molecule has 15 heavy (non-hydrogen) atoms. The minimum Gasteiger partial charge on any atom is -0.464 e. The number of carbonyl (C=O) groups excluding carboxylic acids is 1. The second kappa shape index (κ2) is 5.07. The van der Waals surface area contributed by atoms with Gasteiger partial charge in [0, 0.05) is 0 Å². The second-order valence-corrected chi connectivity index (χ2v) is 5.57. The van der Waals surface area contributed by atoms with Gasteiger partial charge < -0.3 is 19.3 Å². The first kappa shape index (κ1) is 14.6. The summed E-state index contributed by atoms with van der Waals surface area (Å²) in [6.07, 6.45) is 0. The SMILES string of the molecule is CCOC(=O)C(OC(C)(C)C)P(=O)(O)O. The van der Waals surface area contributed by atoms with E-state index in [1.807, 2.05) is 0 Å². The molecular formula is C8H17O6P. The molecule has 0 aromatic carbocycles. The molecule has 6 nitrogen and oxygen atoms in total. The topological polar surface area (TPSA) is 93.1 Å². The predicted octanol–water partition coefficient (Wildman–Crippen LogP) is 0.868. The summed E-state index contributed by atoms with van der Waals surface area (Å²) < 4.78 is 20.5. The van der Waals surface area contributed by atoms with Crippen molar-refractivity contribution in [1.29, 1.82) is 0 Å². The lowest BCUT2D eigenvalue weighted by Gasteiger charge is -2.26. The summed E-state index contributed by atoms with van der Waals surface area (Å²) in [5, 5.41) is 0. The fourth-order valence-corrected chi connectivity index (χ4v) is 1.61. The smallest absolute Gasteiger partial charge is 0.365 e. The van der Waals surface area contributed by atoms with Crippen molar-refractivity contribution >= 4 is 13.6 Å². The highest BCUT2D eigenvalue weighted by atomic mass is 31.2. The van der Waals surface area contributed by atoms with Gasteiger partial charge in [-0.3, -0.25) is 4.57 Å². The zero-order valence-corrected chi connectivity index (χ0v) is 10.2. The summed E-state index contributed by atoms with van der Waals surface area (Å²) in [5.41, 5.74) is -0.835. The third kappa shape index (κ3) is 5.89.